The number of rotatable bonds is 4. The number of β-amino-alcohol motifs (C(OH)–C–C–N with tert-alkyl or cyclic N) is 1. The number of nitrogens with two attached hydrogens (primary N) is 1. The van der Waals surface area contributed by atoms with E-state index < -0.39 is 35.7 Å². The number of halogens is 1. The van der Waals surface area contributed by atoms with E-state index in [1.807, 2.05) is 4.90 Å². The first-order valence-corrected chi connectivity index (χ1v) is 7.72. The number of hydrogen-bond donors (Lipinski definition) is 2. The number of aliphatic hydroxyl groups is 1. The fourth-order valence-electron chi connectivity index (χ4n) is 3.17. The van der Waals surface area contributed by atoms with Crippen LogP contribution in [-0.4, -0.2) is 47.0 Å². The molecular formula is C16H20FN3O4. The van der Waals surface area contributed by atoms with Gasteiger partial charge in [-0.15, -0.1) is 5.12 Å². The standard InChI is InChI=1S/C16H20FN3O4/c1-9(14(18)21)13-12(20(17)15(22)24-13)10-3-5-11(6-4-10)19-7-16(2,23)8-19/h3-6,9,12-13,23H,7-8H2,1-2H3,(H2,18,21). The van der Waals surface area contributed by atoms with E-state index in [0.717, 1.165) is 5.69 Å². The van der Waals surface area contributed by atoms with Crippen molar-refractivity contribution in [2.45, 2.75) is 31.6 Å². The van der Waals surface area contributed by atoms with Crippen molar-refractivity contribution in [3.8, 4) is 0 Å². The largest absolute Gasteiger partial charge is 0.441 e. The fourth-order valence-corrected chi connectivity index (χ4v) is 3.17. The Labute approximate surface area is 138 Å². The predicted octanol–water partition coefficient (Wildman–Crippen LogP) is 1.13. The average Bonchev–Trinajstić information content (AvgIpc) is 2.80. The van der Waals surface area contributed by atoms with Crippen molar-refractivity contribution in [3.63, 3.8) is 0 Å². The van der Waals surface area contributed by atoms with Crippen LogP contribution in [0.2, 0.25) is 0 Å². The van der Waals surface area contributed by atoms with Crippen LogP contribution in [0.1, 0.15) is 25.5 Å². The smallest absolute Gasteiger partial charge is 0.439 e. The second kappa shape index (κ2) is 5.62. The maximum Gasteiger partial charge on any atom is 0.439 e. The summed E-state index contributed by atoms with van der Waals surface area (Å²) in [5, 5.41) is 9.78. The van der Waals surface area contributed by atoms with E-state index in [2.05, 4.69) is 0 Å². The first-order chi connectivity index (χ1) is 11.2. The fraction of sp³-hybridized carbons (Fsp3) is 0.500. The van der Waals surface area contributed by atoms with Crippen molar-refractivity contribution in [2.75, 3.05) is 18.0 Å². The second-order valence-corrected chi connectivity index (χ2v) is 6.74. The van der Waals surface area contributed by atoms with Crippen LogP contribution in [0.15, 0.2) is 24.3 Å². The molecule has 7 nitrogen and oxygen atoms in total. The van der Waals surface area contributed by atoms with Gasteiger partial charge in [0.2, 0.25) is 5.91 Å². The van der Waals surface area contributed by atoms with Crippen LogP contribution in [0.25, 0.3) is 0 Å². The normalized spacial score (nSPS) is 26.8. The van der Waals surface area contributed by atoms with Gasteiger partial charge in [0.1, 0.15) is 12.1 Å². The van der Waals surface area contributed by atoms with Crippen LogP contribution >= 0.6 is 0 Å². The molecule has 2 aliphatic rings. The van der Waals surface area contributed by atoms with Crippen LogP contribution < -0.4 is 10.6 Å². The number of anilines is 1. The van der Waals surface area contributed by atoms with Crippen LogP contribution in [-0.2, 0) is 9.53 Å². The Kier molecular flexibility index (Phi) is 3.87. The first-order valence-electron chi connectivity index (χ1n) is 7.72. The number of nitrogens with zero attached hydrogens (tertiary/aromatic N) is 2. The molecule has 8 heteroatoms. The Morgan fingerprint density at radius 1 is 1.42 bits per heavy atom. The van der Waals surface area contributed by atoms with Gasteiger partial charge in [-0.2, -0.15) is 0 Å². The number of benzene rings is 1. The molecule has 3 rings (SSSR count). The quantitative estimate of drug-likeness (QED) is 0.803. The molecule has 2 amide bonds. The van der Waals surface area contributed by atoms with E-state index in [1.54, 1.807) is 31.2 Å². The van der Waals surface area contributed by atoms with Gasteiger partial charge in [0.05, 0.1) is 11.5 Å². The molecule has 2 aliphatic heterocycles. The summed E-state index contributed by atoms with van der Waals surface area (Å²) in [4.78, 5) is 24.9. The lowest BCUT2D eigenvalue weighted by Gasteiger charge is -2.45. The second-order valence-electron chi connectivity index (χ2n) is 6.74. The molecule has 130 valence electrons. The third kappa shape index (κ3) is 2.77. The van der Waals surface area contributed by atoms with Gasteiger partial charge >= 0.3 is 6.09 Å². The molecule has 2 saturated heterocycles. The Morgan fingerprint density at radius 2 is 2.00 bits per heavy atom. The van der Waals surface area contributed by atoms with Gasteiger partial charge in [-0.05, 0) is 31.5 Å². The highest BCUT2D eigenvalue weighted by Gasteiger charge is 2.48. The Bertz CT molecular complexity index is 656. The SMILES string of the molecule is CC(C(N)=O)C1OC(=O)N(F)C1c1ccc(N2CC(C)(O)C2)cc1. The van der Waals surface area contributed by atoms with Gasteiger partial charge in [-0.1, -0.05) is 16.6 Å². The van der Waals surface area contributed by atoms with E-state index >= 15 is 0 Å². The van der Waals surface area contributed by atoms with Gasteiger partial charge in [0.25, 0.3) is 0 Å². The van der Waals surface area contributed by atoms with Crippen molar-refractivity contribution in [1.29, 1.82) is 0 Å². The van der Waals surface area contributed by atoms with Crippen LogP contribution in [0.5, 0.6) is 0 Å². The number of carbonyl (C=O) groups is 2. The molecule has 2 fully saturated rings. The van der Waals surface area contributed by atoms with Gasteiger partial charge in [0.15, 0.2) is 0 Å². The summed E-state index contributed by atoms with van der Waals surface area (Å²) in [6, 6.07) is 5.92. The van der Waals surface area contributed by atoms with Crippen molar-refractivity contribution < 1.29 is 23.9 Å². The van der Waals surface area contributed by atoms with E-state index in [9.17, 15) is 19.2 Å². The number of hydrogen-bond acceptors (Lipinski definition) is 5. The average molecular weight is 337 g/mol. The summed E-state index contributed by atoms with van der Waals surface area (Å²) in [6.07, 6.45) is -2.10. The van der Waals surface area contributed by atoms with Gasteiger partial charge in [-0.3, -0.25) is 4.79 Å². The summed E-state index contributed by atoms with van der Waals surface area (Å²) < 4.78 is 19.1. The number of amides is 2. The molecule has 0 bridgehead atoms. The van der Waals surface area contributed by atoms with Crippen molar-refractivity contribution >= 4 is 17.7 Å². The lowest BCUT2D eigenvalue weighted by molar-refractivity contribution is -0.124. The van der Waals surface area contributed by atoms with Crippen molar-refractivity contribution in [2.24, 2.45) is 11.7 Å². The van der Waals surface area contributed by atoms with E-state index in [0.29, 0.717) is 18.7 Å². The minimum atomic E-state index is -1.12. The van der Waals surface area contributed by atoms with Gasteiger partial charge in [0, 0.05) is 18.8 Å². The maximum atomic E-state index is 14.1. The van der Waals surface area contributed by atoms with Crippen molar-refractivity contribution in [1.82, 2.24) is 5.12 Å². The molecule has 1 aromatic rings. The third-order valence-electron chi connectivity index (χ3n) is 4.57. The molecule has 0 aliphatic carbocycles. The zero-order chi connectivity index (χ0) is 17.6. The molecule has 3 N–H and O–H groups in total. The predicted molar refractivity (Wildman–Crippen MR) is 83.6 cm³/mol. The van der Waals surface area contributed by atoms with E-state index in [4.69, 9.17) is 10.5 Å². The first kappa shape index (κ1) is 16.5. The monoisotopic (exact) mass is 337 g/mol. The maximum absolute atomic E-state index is 14.1. The Balaban J connectivity index is 1.81. The summed E-state index contributed by atoms with van der Waals surface area (Å²) in [6.45, 7) is 4.31. The number of cyclic esters (lactones) is 1. The minimum Gasteiger partial charge on any atom is -0.441 e. The number of primary amides is 1. The van der Waals surface area contributed by atoms with E-state index in [-0.39, 0.29) is 5.12 Å². The van der Waals surface area contributed by atoms with Gasteiger partial charge in [-0.25, -0.2) is 4.79 Å². The Hall–Kier alpha value is -2.35. The van der Waals surface area contributed by atoms with Crippen molar-refractivity contribution in [3.05, 3.63) is 29.8 Å². The lowest BCUT2D eigenvalue weighted by atomic mass is 9.91. The minimum absolute atomic E-state index is 0.00641. The highest BCUT2D eigenvalue weighted by molar-refractivity contribution is 5.79. The molecule has 24 heavy (non-hydrogen) atoms. The number of carbonyl (C=O) groups excluding carboxylic acids is 2. The summed E-state index contributed by atoms with van der Waals surface area (Å²) in [5.41, 5.74) is 5.97. The van der Waals surface area contributed by atoms with Crippen LogP contribution in [0.4, 0.5) is 15.0 Å². The molecule has 0 radical (unpaired) electrons. The van der Waals surface area contributed by atoms with Gasteiger partial charge < -0.3 is 20.5 Å². The molecule has 2 heterocycles. The molecular weight excluding hydrogens is 317 g/mol. The molecule has 3 atom stereocenters. The zero-order valence-corrected chi connectivity index (χ0v) is 13.5. The van der Waals surface area contributed by atoms with Crippen LogP contribution in [0, 0.1) is 5.92 Å². The molecule has 0 aromatic heterocycles. The summed E-state index contributed by atoms with van der Waals surface area (Å²) in [7, 11) is 0. The van der Waals surface area contributed by atoms with E-state index in [1.165, 1.54) is 6.92 Å². The highest BCUT2D eigenvalue weighted by atomic mass is 19.2. The zero-order valence-electron chi connectivity index (χ0n) is 13.5. The molecule has 1 aromatic carbocycles. The third-order valence-corrected chi connectivity index (χ3v) is 4.57. The lowest BCUT2D eigenvalue weighted by Crippen LogP contribution is -2.60. The highest BCUT2D eigenvalue weighted by Crippen LogP contribution is 2.38. The van der Waals surface area contributed by atoms with Crippen LogP contribution in [0.3, 0.4) is 0 Å². The Morgan fingerprint density at radius 3 is 2.50 bits per heavy atom. The summed E-state index contributed by atoms with van der Waals surface area (Å²) in [5.74, 6) is -1.47. The topological polar surface area (TPSA) is 96.1 Å². The number of ether oxygens (including phenoxy) is 1. The molecule has 0 saturated carbocycles. The molecule has 3 unspecified atom stereocenters. The molecule has 0 spiro atoms. The summed E-state index contributed by atoms with van der Waals surface area (Å²) >= 11 is 0.